The molecule has 0 atom stereocenters. The molecule has 0 saturated heterocycles. The maximum Gasteiger partial charge on any atom is 0.243 e. The van der Waals surface area contributed by atoms with E-state index in [1.54, 1.807) is 35.4 Å². The fourth-order valence-electron chi connectivity index (χ4n) is 2.17. The van der Waals surface area contributed by atoms with Crippen LogP contribution in [0.1, 0.15) is 5.56 Å². The summed E-state index contributed by atoms with van der Waals surface area (Å²) in [6.45, 7) is 1.77. The average Bonchev–Trinajstić information content (AvgIpc) is 2.64. The number of benzene rings is 1. The number of hydrogen-bond donors (Lipinski definition) is 1. The van der Waals surface area contributed by atoms with Gasteiger partial charge in [-0.3, -0.25) is 4.79 Å². The molecular weight excluding hydrogens is 336 g/mol. The van der Waals surface area contributed by atoms with Crippen molar-refractivity contribution in [3.05, 3.63) is 23.8 Å². The number of nitrogens with one attached hydrogen (secondary N) is 1. The van der Waals surface area contributed by atoms with Crippen molar-refractivity contribution in [2.45, 2.75) is 6.54 Å². The van der Waals surface area contributed by atoms with Crippen LogP contribution in [-0.4, -0.2) is 83.8 Å². The number of hydrogen-bond acceptors (Lipinski definition) is 5. The Hall–Kier alpha value is -2.48. The summed E-state index contributed by atoms with van der Waals surface area (Å²) in [6.07, 6.45) is 0. The Morgan fingerprint density at radius 3 is 2.46 bits per heavy atom. The summed E-state index contributed by atoms with van der Waals surface area (Å²) in [4.78, 5) is 19.7. The van der Waals surface area contributed by atoms with Crippen LogP contribution in [-0.2, 0) is 16.1 Å². The normalized spacial score (nSPS) is 11.1. The maximum atomic E-state index is 11.8. The average molecular weight is 366 g/mol. The number of methoxy groups -OCH3 is 3. The summed E-state index contributed by atoms with van der Waals surface area (Å²) in [7, 11) is 10.2. The van der Waals surface area contributed by atoms with Gasteiger partial charge in [-0.05, 0) is 12.1 Å². The molecule has 1 N–H and O–H groups in total. The van der Waals surface area contributed by atoms with E-state index in [9.17, 15) is 4.79 Å². The first-order chi connectivity index (χ1) is 12.4. The number of guanidine groups is 1. The van der Waals surface area contributed by atoms with Crippen molar-refractivity contribution in [3.8, 4) is 11.5 Å². The largest absolute Gasteiger partial charge is 0.497 e. The number of aliphatic imine (C=N–C) groups is 1. The van der Waals surface area contributed by atoms with Crippen molar-refractivity contribution in [2.75, 3.05) is 62.2 Å². The lowest BCUT2D eigenvalue weighted by molar-refractivity contribution is -0.127. The first kappa shape index (κ1) is 21.6. The molecule has 0 aromatic heterocycles. The van der Waals surface area contributed by atoms with Crippen LogP contribution >= 0.6 is 0 Å². The Morgan fingerprint density at radius 1 is 1.15 bits per heavy atom. The van der Waals surface area contributed by atoms with Gasteiger partial charge in [-0.1, -0.05) is 0 Å². The number of ether oxygens (including phenoxy) is 3. The second kappa shape index (κ2) is 11.2. The first-order valence-electron chi connectivity index (χ1n) is 8.32. The van der Waals surface area contributed by atoms with Gasteiger partial charge < -0.3 is 29.3 Å². The van der Waals surface area contributed by atoms with E-state index in [1.165, 1.54) is 4.90 Å². The second-order valence-electron chi connectivity index (χ2n) is 5.88. The highest BCUT2D eigenvalue weighted by Gasteiger charge is 2.12. The van der Waals surface area contributed by atoms with Gasteiger partial charge in [-0.2, -0.15) is 0 Å². The molecule has 0 aliphatic rings. The van der Waals surface area contributed by atoms with Gasteiger partial charge in [0.2, 0.25) is 5.91 Å². The summed E-state index contributed by atoms with van der Waals surface area (Å²) in [5, 5.41) is 3.21. The van der Waals surface area contributed by atoms with Gasteiger partial charge in [0.25, 0.3) is 0 Å². The highest BCUT2D eigenvalue weighted by molar-refractivity contribution is 5.84. The lowest BCUT2D eigenvalue weighted by Gasteiger charge is -2.24. The number of amides is 1. The van der Waals surface area contributed by atoms with Gasteiger partial charge in [-0.25, -0.2) is 4.99 Å². The van der Waals surface area contributed by atoms with Crippen molar-refractivity contribution in [2.24, 2.45) is 4.99 Å². The van der Waals surface area contributed by atoms with Crippen LogP contribution in [0.3, 0.4) is 0 Å². The molecule has 1 aromatic rings. The van der Waals surface area contributed by atoms with Crippen LogP contribution in [0.4, 0.5) is 0 Å². The van der Waals surface area contributed by atoms with E-state index in [-0.39, 0.29) is 12.5 Å². The van der Waals surface area contributed by atoms with Crippen LogP contribution < -0.4 is 14.8 Å². The molecule has 0 bridgehead atoms. The summed E-state index contributed by atoms with van der Waals surface area (Å²) in [5.74, 6) is 2.02. The van der Waals surface area contributed by atoms with Gasteiger partial charge in [0, 0.05) is 53.0 Å². The molecule has 8 nitrogen and oxygen atoms in total. The van der Waals surface area contributed by atoms with Crippen molar-refractivity contribution in [3.63, 3.8) is 0 Å². The first-order valence-corrected chi connectivity index (χ1v) is 8.32. The second-order valence-corrected chi connectivity index (χ2v) is 5.88. The molecular formula is C18H30N4O4. The van der Waals surface area contributed by atoms with Crippen molar-refractivity contribution >= 4 is 11.9 Å². The molecule has 146 valence electrons. The minimum Gasteiger partial charge on any atom is -0.497 e. The van der Waals surface area contributed by atoms with Crippen molar-refractivity contribution < 1.29 is 19.0 Å². The Balaban J connectivity index is 2.91. The van der Waals surface area contributed by atoms with Crippen molar-refractivity contribution in [1.29, 1.82) is 0 Å². The zero-order valence-electron chi connectivity index (χ0n) is 16.5. The number of carbonyl (C=O) groups is 1. The van der Waals surface area contributed by atoms with Crippen LogP contribution in [0.15, 0.2) is 23.2 Å². The lowest BCUT2D eigenvalue weighted by Crippen LogP contribution is -2.41. The highest BCUT2D eigenvalue weighted by Crippen LogP contribution is 2.25. The van der Waals surface area contributed by atoms with Crippen LogP contribution in [0, 0.1) is 0 Å². The molecule has 8 heteroatoms. The van der Waals surface area contributed by atoms with Gasteiger partial charge in [0.1, 0.15) is 18.0 Å². The lowest BCUT2D eigenvalue weighted by atomic mass is 10.2. The predicted molar refractivity (Wildman–Crippen MR) is 102 cm³/mol. The molecule has 0 saturated carbocycles. The Morgan fingerprint density at radius 2 is 1.88 bits per heavy atom. The molecule has 1 amide bonds. The Bertz CT molecular complexity index is 605. The van der Waals surface area contributed by atoms with Crippen LogP contribution in [0.2, 0.25) is 0 Å². The van der Waals surface area contributed by atoms with E-state index in [1.807, 2.05) is 30.1 Å². The molecule has 1 rings (SSSR count). The van der Waals surface area contributed by atoms with Gasteiger partial charge in [0.05, 0.1) is 20.8 Å². The summed E-state index contributed by atoms with van der Waals surface area (Å²) >= 11 is 0. The fourth-order valence-corrected chi connectivity index (χ4v) is 2.17. The minimum atomic E-state index is -0.0635. The van der Waals surface area contributed by atoms with Crippen LogP contribution in [0.25, 0.3) is 0 Å². The van der Waals surface area contributed by atoms with Gasteiger partial charge in [0.15, 0.2) is 5.96 Å². The quantitative estimate of drug-likeness (QED) is 0.396. The topological polar surface area (TPSA) is 75.6 Å². The van der Waals surface area contributed by atoms with Crippen molar-refractivity contribution in [1.82, 2.24) is 15.1 Å². The van der Waals surface area contributed by atoms with Gasteiger partial charge in [-0.15, -0.1) is 0 Å². The molecule has 0 radical (unpaired) electrons. The third-order valence-corrected chi connectivity index (χ3v) is 3.72. The number of likely N-dealkylation sites (N-methyl/N-ethyl adjacent to an activating group) is 1. The monoisotopic (exact) mass is 366 g/mol. The van der Waals surface area contributed by atoms with E-state index in [4.69, 9.17) is 14.2 Å². The zero-order chi connectivity index (χ0) is 19.5. The highest BCUT2D eigenvalue weighted by atomic mass is 16.5. The number of nitrogens with zero attached hydrogens (tertiary/aromatic N) is 3. The third kappa shape index (κ3) is 6.79. The van der Waals surface area contributed by atoms with Gasteiger partial charge >= 0.3 is 0 Å². The van der Waals surface area contributed by atoms with E-state index in [2.05, 4.69) is 10.3 Å². The molecule has 0 aliphatic carbocycles. The molecule has 0 fully saturated rings. The predicted octanol–water partition coefficient (Wildman–Crippen LogP) is 0.816. The summed E-state index contributed by atoms with van der Waals surface area (Å²) in [6, 6.07) is 5.68. The third-order valence-electron chi connectivity index (χ3n) is 3.72. The molecule has 1 aromatic carbocycles. The number of carbonyl (C=O) groups excluding carboxylic acids is 1. The Kier molecular flexibility index (Phi) is 9.29. The van der Waals surface area contributed by atoms with Crippen LogP contribution in [0.5, 0.6) is 11.5 Å². The zero-order valence-corrected chi connectivity index (χ0v) is 16.5. The molecule has 0 spiro atoms. The summed E-state index contributed by atoms with van der Waals surface area (Å²) < 4.78 is 15.8. The smallest absolute Gasteiger partial charge is 0.243 e. The SMILES string of the molecule is COCCNC(=NCC(=O)N(C)C)N(C)Cc1ccc(OC)cc1OC. The minimum absolute atomic E-state index is 0.0635. The van der Waals surface area contributed by atoms with E-state index in [0.29, 0.717) is 25.7 Å². The number of rotatable bonds is 9. The van der Waals surface area contributed by atoms with E-state index in [0.717, 1.165) is 17.1 Å². The van der Waals surface area contributed by atoms with E-state index < -0.39 is 0 Å². The van der Waals surface area contributed by atoms with E-state index >= 15 is 0 Å². The molecule has 26 heavy (non-hydrogen) atoms. The maximum absolute atomic E-state index is 11.8. The molecule has 0 heterocycles. The molecule has 0 aliphatic heterocycles. The summed E-state index contributed by atoms with van der Waals surface area (Å²) in [5.41, 5.74) is 0.982. The standard InChI is InChI=1S/C18H30N4O4/c1-21(2)17(23)12-20-18(19-9-10-24-4)22(3)13-14-7-8-15(25-5)11-16(14)26-6/h7-8,11H,9-10,12-13H2,1-6H3,(H,19,20). The fraction of sp³-hybridized carbons (Fsp3) is 0.556. The molecule has 0 unspecified atom stereocenters. The Labute approximate surface area is 155 Å².